The molecular weight excluding hydrogens is 197 g/mol. The molecule has 0 radical (unpaired) electrons. The van der Waals surface area contributed by atoms with Crippen LogP contribution in [0.1, 0.15) is 18.1 Å². The molecule has 0 aliphatic carbocycles. The van der Waals surface area contributed by atoms with E-state index in [1.54, 1.807) is 20.3 Å². The monoisotopic (exact) mass is 213 g/mol. The highest BCUT2D eigenvalue weighted by molar-refractivity contribution is 5.35. The maximum Gasteiger partial charge on any atom is 0.124 e. The van der Waals surface area contributed by atoms with E-state index in [1.807, 2.05) is 0 Å². The van der Waals surface area contributed by atoms with Crippen LogP contribution in [0.15, 0.2) is 18.2 Å². The van der Waals surface area contributed by atoms with Gasteiger partial charge in [0.1, 0.15) is 11.6 Å². The molecule has 1 rings (SSSR count). The topological polar surface area (TPSA) is 44.5 Å². The van der Waals surface area contributed by atoms with Crippen molar-refractivity contribution in [2.24, 2.45) is 5.73 Å². The Morgan fingerprint density at radius 1 is 1.40 bits per heavy atom. The maximum absolute atomic E-state index is 13.1. The van der Waals surface area contributed by atoms with E-state index in [1.165, 1.54) is 12.1 Å². The van der Waals surface area contributed by atoms with Gasteiger partial charge in [0.2, 0.25) is 0 Å². The molecule has 0 fully saturated rings. The summed E-state index contributed by atoms with van der Waals surface area (Å²) in [4.78, 5) is 0. The van der Waals surface area contributed by atoms with Crippen molar-refractivity contribution in [1.29, 1.82) is 0 Å². The van der Waals surface area contributed by atoms with Gasteiger partial charge in [0.15, 0.2) is 0 Å². The van der Waals surface area contributed by atoms with Crippen LogP contribution in [-0.2, 0) is 4.74 Å². The fourth-order valence-electron chi connectivity index (χ4n) is 1.51. The van der Waals surface area contributed by atoms with Crippen LogP contribution in [0.2, 0.25) is 0 Å². The van der Waals surface area contributed by atoms with E-state index < -0.39 is 0 Å². The minimum absolute atomic E-state index is 0.222. The van der Waals surface area contributed by atoms with E-state index >= 15 is 0 Å². The molecule has 1 aromatic rings. The first-order chi connectivity index (χ1) is 7.22. The highest BCUT2D eigenvalue weighted by atomic mass is 19.1. The van der Waals surface area contributed by atoms with Gasteiger partial charge in [-0.3, -0.25) is 0 Å². The lowest BCUT2D eigenvalue weighted by molar-refractivity contribution is 0.0951. The van der Waals surface area contributed by atoms with Crippen LogP contribution in [0.5, 0.6) is 5.75 Å². The van der Waals surface area contributed by atoms with Gasteiger partial charge in [-0.15, -0.1) is 0 Å². The molecule has 2 N–H and O–H groups in total. The van der Waals surface area contributed by atoms with Gasteiger partial charge in [-0.25, -0.2) is 4.39 Å². The summed E-state index contributed by atoms with van der Waals surface area (Å²) in [5.41, 5.74) is 6.16. The zero-order valence-corrected chi connectivity index (χ0v) is 9.00. The van der Waals surface area contributed by atoms with E-state index in [0.29, 0.717) is 24.3 Å². The average Bonchev–Trinajstić information content (AvgIpc) is 2.26. The summed E-state index contributed by atoms with van der Waals surface area (Å²) in [5, 5.41) is 0. The Hall–Kier alpha value is -1.13. The molecule has 0 aromatic heterocycles. The summed E-state index contributed by atoms with van der Waals surface area (Å²) in [6.45, 7) is 0.484. The molecule has 1 unspecified atom stereocenters. The van der Waals surface area contributed by atoms with Crippen molar-refractivity contribution < 1.29 is 13.9 Å². The number of halogens is 1. The van der Waals surface area contributed by atoms with E-state index in [9.17, 15) is 4.39 Å². The molecule has 0 aliphatic rings. The molecule has 0 aliphatic heterocycles. The Balaban J connectivity index is 3.02. The first kappa shape index (κ1) is 11.9. The highest BCUT2D eigenvalue weighted by Gasteiger charge is 2.15. The number of nitrogens with two attached hydrogens (primary N) is 1. The fraction of sp³-hybridized carbons (Fsp3) is 0.455. The summed E-state index contributed by atoms with van der Waals surface area (Å²) >= 11 is 0. The first-order valence-corrected chi connectivity index (χ1v) is 4.79. The van der Waals surface area contributed by atoms with E-state index in [2.05, 4.69) is 0 Å². The number of hydrogen-bond donors (Lipinski definition) is 1. The third kappa shape index (κ3) is 2.91. The molecule has 1 atom stereocenters. The van der Waals surface area contributed by atoms with E-state index in [-0.39, 0.29) is 11.9 Å². The van der Waals surface area contributed by atoms with Crippen LogP contribution in [0.25, 0.3) is 0 Å². The molecule has 1 aromatic carbocycles. The molecule has 84 valence electrons. The van der Waals surface area contributed by atoms with Gasteiger partial charge in [-0.2, -0.15) is 0 Å². The number of hydrogen-bond acceptors (Lipinski definition) is 3. The molecule has 4 heteroatoms. The third-order valence-corrected chi connectivity index (χ3v) is 2.25. The van der Waals surface area contributed by atoms with Gasteiger partial charge >= 0.3 is 0 Å². The van der Waals surface area contributed by atoms with Crippen LogP contribution < -0.4 is 10.5 Å². The van der Waals surface area contributed by atoms with Gasteiger partial charge in [-0.1, -0.05) is 0 Å². The van der Waals surface area contributed by atoms with E-state index in [0.717, 1.165) is 0 Å². The summed E-state index contributed by atoms with van der Waals surface area (Å²) in [6, 6.07) is 4.37. The van der Waals surface area contributed by atoms with Crippen molar-refractivity contribution in [2.45, 2.75) is 12.5 Å². The van der Waals surface area contributed by atoms with Crippen molar-refractivity contribution in [3.8, 4) is 5.75 Å². The zero-order valence-electron chi connectivity index (χ0n) is 9.00. The molecular formula is C11H16FNO2. The number of ether oxygens (including phenoxy) is 2. The van der Waals surface area contributed by atoms with Crippen LogP contribution in [0, 0.1) is 5.82 Å². The standard InChI is InChI=1S/C11H16FNO2/c1-14-10-4-3-8(12)7-9(10)11(15-2)5-6-13/h3-4,7,11H,5-6,13H2,1-2H3. The molecule has 0 saturated heterocycles. The highest BCUT2D eigenvalue weighted by Crippen LogP contribution is 2.29. The largest absolute Gasteiger partial charge is 0.496 e. The van der Waals surface area contributed by atoms with Crippen molar-refractivity contribution in [2.75, 3.05) is 20.8 Å². The Labute approximate surface area is 89.0 Å². The smallest absolute Gasteiger partial charge is 0.124 e. The predicted octanol–water partition coefficient (Wildman–Crippen LogP) is 1.87. The van der Waals surface area contributed by atoms with Crippen molar-refractivity contribution >= 4 is 0 Å². The Kier molecular flexibility index (Phi) is 4.52. The SMILES string of the molecule is COc1ccc(F)cc1C(CCN)OC. The summed E-state index contributed by atoms with van der Waals surface area (Å²) in [6.07, 6.45) is 0.414. The van der Waals surface area contributed by atoms with E-state index in [4.69, 9.17) is 15.2 Å². The molecule has 15 heavy (non-hydrogen) atoms. The normalized spacial score (nSPS) is 12.5. The second-order valence-corrected chi connectivity index (χ2v) is 3.19. The van der Waals surface area contributed by atoms with Crippen LogP contribution in [0.3, 0.4) is 0 Å². The van der Waals surface area contributed by atoms with Gasteiger partial charge in [0.05, 0.1) is 13.2 Å². The molecule has 0 amide bonds. The second-order valence-electron chi connectivity index (χ2n) is 3.19. The first-order valence-electron chi connectivity index (χ1n) is 4.79. The third-order valence-electron chi connectivity index (χ3n) is 2.25. The van der Waals surface area contributed by atoms with Crippen LogP contribution in [0.4, 0.5) is 4.39 Å². The number of methoxy groups -OCH3 is 2. The predicted molar refractivity (Wildman–Crippen MR) is 56.4 cm³/mol. The summed E-state index contributed by atoms with van der Waals surface area (Å²) in [7, 11) is 3.12. The maximum atomic E-state index is 13.1. The Morgan fingerprint density at radius 3 is 2.67 bits per heavy atom. The summed E-state index contributed by atoms with van der Waals surface area (Å²) in [5.74, 6) is 0.321. The molecule has 0 bridgehead atoms. The lowest BCUT2D eigenvalue weighted by atomic mass is 10.1. The molecule has 3 nitrogen and oxygen atoms in total. The minimum Gasteiger partial charge on any atom is -0.496 e. The number of rotatable bonds is 5. The minimum atomic E-state index is -0.301. The molecule has 0 saturated carbocycles. The lowest BCUT2D eigenvalue weighted by Gasteiger charge is -2.17. The summed E-state index contributed by atoms with van der Waals surface area (Å²) < 4.78 is 23.5. The fourth-order valence-corrected chi connectivity index (χ4v) is 1.51. The Morgan fingerprint density at radius 2 is 2.13 bits per heavy atom. The zero-order chi connectivity index (χ0) is 11.3. The van der Waals surface area contributed by atoms with Crippen molar-refractivity contribution in [3.63, 3.8) is 0 Å². The quantitative estimate of drug-likeness (QED) is 0.812. The van der Waals surface area contributed by atoms with Crippen molar-refractivity contribution in [3.05, 3.63) is 29.6 Å². The molecule has 0 spiro atoms. The average molecular weight is 213 g/mol. The van der Waals surface area contributed by atoms with Gasteiger partial charge in [0.25, 0.3) is 0 Å². The number of benzene rings is 1. The van der Waals surface area contributed by atoms with Gasteiger partial charge in [0, 0.05) is 12.7 Å². The van der Waals surface area contributed by atoms with Gasteiger partial charge < -0.3 is 15.2 Å². The van der Waals surface area contributed by atoms with Crippen LogP contribution >= 0.6 is 0 Å². The Bertz CT molecular complexity index is 317. The molecule has 0 heterocycles. The van der Waals surface area contributed by atoms with Crippen LogP contribution in [-0.4, -0.2) is 20.8 Å². The lowest BCUT2D eigenvalue weighted by Crippen LogP contribution is -2.10. The van der Waals surface area contributed by atoms with Crippen molar-refractivity contribution in [1.82, 2.24) is 0 Å². The van der Waals surface area contributed by atoms with Gasteiger partial charge in [-0.05, 0) is 31.2 Å². The second kappa shape index (κ2) is 5.68.